The second kappa shape index (κ2) is 4.66. The zero-order valence-electron chi connectivity index (χ0n) is 9.82. The molecule has 0 aliphatic carbocycles. The molecule has 0 N–H and O–H groups in total. The Morgan fingerprint density at radius 3 is 3.00 bits per heavy atom. The van der Waals surface area contributed by atoms with Crippen LogP contribution in [-0.2, 0) is 22.5 Å². The molecule has 0 amide bonds. The molecule has 1 aromatic carbocycles. The highest BCUT2D eigenvalue weighted by atomic mass is 16.5. The van der Waals surface area contributed by atoms with Crippen molar-refractivity contribution in [1.82, 2.24) is 4.90 Å². The molecule has 1 heterocycles. The summed E-state index contributed by atoms with van der Waals surface area (Å²) in [5.74, 6) is -0.156. The lowest BCUT2D eigenvalue weighted by Crippen LogP contribution is -2.35. The van der Waals surface area contributed by atoms with Gasteiger partial charge in [0.1, 0.15) is 0 Å². The maximum atomic E-state index is 11.2. The van der Waals surface area contributed by atoms with E-state index in [-0.39, 0.29) is 5.97 Å². The van der Waals surface area contributed by atoms with Gasteiger partial charge in [0.05, 0.1) is 13.7 Å². The van der Waals surface area contributed by atoms with Crippen molar-refractivity contribution in [3.8, 4) is 0 Å². The Bertz CT molecular complexity index is 401. The largest absolute Gasteiger partial charge is 0.468 e. The quantitative estimate of drug-likeness (QED) is 0.706. The molecule has 0 atom stereocenters. The first-order valence-corrected chi connectivity index (χ1v) is 5.56. The summed E-state index contributed by atoms with van der Waals surface area (Å²) >= 11 is 0. The van der Waals surface area contributed by atoms with E-state index in [2.05, 4.69) is 34.8 Å². The Morgan fingerprint density at radius 1 is 1.44 bits per heavy atom. The van der Waals surface area contributed by atoms with Gasteiger partial charge in [0.25, 0.3) is 0 Å². The van der Waals surface area contributed by atoms with E-state index in [1.807, 2.05) is 0 Å². The van der Waals surface area contributed by atoms with E-state index in [1.165, 1.54) is 23.8 Å². The van der Waals surface area contributed by atoms with E-state index in [4.69, 9.17) is 0 Å². The van der Waals surface area contributed by atoms with Gasteiger partial charge in [-0.15, -0.1) is 0 Å². The molecule has 0 spiro atoms. The Kier molecular flexibility index (Phi) is 3.25. The molecule has 0 saturated carbocycles. The predicted octanol–water partition coefficient (Wildman–Crippen LogP) is 1.53. The number of esters is 1. The Hall–Kier alpha value is -1.35. The van der Waals surface area contributed by atoms with Crippen LogP contribution < -0.4 is 0 Å². The summed E-state index contributed by atoms with van der Waals surface area (Å²) in [5, 5.41) is 0. The zero-order chi connectivity index (χ0) is 11.5. The first-order chi connectivity index (χ1) is 7.69. The van der Waals surface area contributed by atoms with Crippen LogP contribution in [-0.4, -0.2) is 31.1 Å². The van der Waals surface area contributed by atoms with Crippen molar-refractivity contribution >= 4 is 5.97 Å². The van der Waals surface area contributed by atoms with E-state index in [1.54, 1.807) is 0 Å². The van der Waals surface area contributed by atoms with Crippen molar-refractivity contribution in [3.63, 3.8) is 0 Å². The van der Waals surface area contributed by atoms with Crippen LogP contribution in [0.4, 0.5) is 0 Å². The normalized spacial score (nSPS) is 15.6. The minimum absolute atomic E-state index is 0.156. The molecule has 3 heteroatoms. The fourth-order valence-corrected chi connectivity index (χ4v) is 2.13. The van der Waals surface area contributed by atoms with E-state index in [9.17, 15) is 4.79 Å². The van der Waals surface area contributed by atoms with E-state index in [0.29, 0.717) is 6.54 Å². The molecular formula is C13H17NO2. The average molecular weight is 219 g/mol. The maximum absolute atomic E-state index is 11.2. The van der Waals surface area contributed by atoms with Crippen LogP contribution in [0.25, 0.3) is 0 Å². The number of methoxy groups -OCH3 is 1. The van der Waals surface area contributed by atoms with Crippen LogP contribution in [0.3, 0.4) is 0 Å². The molecule has 0 saturated heterocycles. The third kappa shape index (κ3) is 2.42. The molecule has 0 fully saturated rings. The van der Waals surface area contributed by atoms with Crippen LogP contribution in [0.1, 0.15) is 16.7 Å². The fourth-order valence-electron chi connectivity index (χ4n) is 2.13. The van der Waals surface area contributed by atoms with Crippen molar-refractivity contribution in [2.75, 3.05) is 20.2 Å². The summed E-state index contributed by atoms with van der Waals surface area (Å²) in [6.07, 6.45) is 1.02. The second-order valence-corrected chi connectivity index (χ2v) is 4.31. The fraction of sp³-hybridized carbons (Fsp3) is 0.462. The third-order valence-electron chi connectivity index (χ3n) is 3.03. The van der Waals surface area contributed by atoms with Crippen LogP contribution >= 0.6 is 0 Å². The number of aryl methyl sites for hydroxylation is 1. The monoisotopic (exact) mass is 219 g/mol. The van der Waals surface area contributed by atoms with Crippen molar-refractivity contribution in [2.24, 2.45) is 0 Å². The highest BCUT2D eigenvalue weighted by molar-refractivity contribution is 5.71. The van der Waals surface area contributed by atoms with Crippen LogP contribution in [0.2, 0.25) is 0 Å². The number of nitrogens with zero attached hydrogens (tertiary/aromatic N) is 1. The molecule has 1 aromatic rings. The first-order valence-electron chi connectivity index (χ1n) is 5.56. The number of hydrogen-bond acceptors (Lipinski definition) is 3. The van der Waals surface area contributed by atoms with Crippen molar-refractivity contribution in [1.29, 1.82) is 0 Å². The third-order valence-corrected chi connectivity index (χ3v) is 3.03. The number of hydrogen-bond donors (Lipinski definition) is 0. The summed E-state index contributed by atoms with van der Waals surface area (Å²) in [4.78, 5) is 13.3. The Morgan fingerprint density at radius 2 is 2.25 bits per heavy atom. The SMILES string of the molecule is COC(=O)CN1CCc2ccc(C)cc2C1. The summed E-state index contributed by atoms with van der Waals surface area (Å²) in [7, 11) is 1.43. The van der Waals surface area contributed by atoms with Crippen LogP contribution in [0.15, 0.2) is 18.2 Å². The summed E-state index contributed by atoms with van der Waals surface area (Å²) < 4.78 is 4.68. The minimum atomic E-state index is -0.156. The molecule has 3 nitrogen and oxygen atoms in total. The molecule has 86 valence electrons. The lowest BCUT2D eigenvalue weighted by atomic mass is 9.98. The molecule has 0 bridgehead atoms. The number of rotatable bonds is 2. The van der Waals surface area contributed by atoms with Gasteiger partial charge in [0.15, 0.2) is 0 Å². The molecule has 0 unspecified atom stereocenters. The first kappa shape index (κ1) is 11.1. The highest BCUT2D eigenvalue weighted by Crippen LogP contribution is 2.19. The molecule has 1 aliphatic heterocycles. The van der Waals surface area contributed by atoms with Crippen molar-refractivity contribution < 1.29 is 9.53 Å². The lowest BCUT2D eigenvalue weighted by molar-refractivity contribution is -0.142. The number of fused-ring (bicyclic) bond motifs is 1. The van der Waals surface area contributed by atoms with Gasteiger partial charge in [0, 0.05) is 13.1 Å². The van der Waals surface area contributed by atoms with Crippen molar-refractivity contribution in [2.45, 2.75) is 19.9 Å². The second-order valence-electron chi connectivity index (χ2n) is 4.31. The highest BCUT2D eigenvalue weighted by Gasteiger charge is 2.18. The van der Waals surface area contributed by atoms with E-state index in [0.717, 1.165) is 19.5 Å². The summed E-state index contributed by atoms with van der Waals surface area (Å²) in [6.45, 7) is 4.28. The van der Waals surface area contributed by atoms with Gasteiger partial charge in [0.2, 0.25) is 0 Å². The number of ether oxygens (including phenoxy) is 1. The van der Waals surface area contributed by atoms with Gasteiger partial charge >= 0.3 is 5.97 Å². The minimum Gasteiger partial charge on any atom is -0.468 e. The number of carbonyl (C=O) groups excluding carboxylic acids is 1. The lowest BCUT2D eigenvalue weighted by Gasteiger charge is -2.27. The molecule has 0 radical (unpaired) electrons. The van der Waals surface area contributed by atoms with Gasteiger partial charge in [-0.3, -0.25) is 9.69 Å². The van der Waals surface area contributed by atoms with Crippen LogP contribution in [0, 0.1) is 6.92 Å². The van der Waals surface area contributed by atoms with Gasteiger partial charge in [-0.25, -0.2) is 0 Å². The van der Waals surface area contributed by atoms with Gasteiger partial charge in [-0.1, -0.05) is 23.8 Å². The van der Waals surface area contributed by atoms with E-state index >= 15 is 0 Å². The Labute approximate surface area is 96.0 Å². The summed E-state index contributed by atoms with van der Waals surface area (Å²) in [5.41, 5.74) is 4.03. The average Bonchev–Trinajstić information content (AvgIpc) is 2.28. The number of carbonyl (C=O) groups is 1. The topological polar surface area (TPSA) is 29.5 Å². The van der Waals surface area contributed by atoms with Gasteiger partial charge < -0.3 is 4.74 Å². The number of benzene rings is 1. The van der Waals surface area contributed by atoms with Gasteiger partial charge in [-0.05, 0) is 24.5 Å². The smallest absolute Gasteiger partial charge is 0.319 e. The van der Waals surface area contributed by atoms with E-state index < -0.39 is 0 Å². The van der Waals surface area contributed by atoms with Crippen molar-refractivity contribution in [3.05, 3.63) is 34.9 Å². The molecule has 16 heavy (non-hydrogen) atoms. The van der Waals surface area contributed by atoms with Crippen LogP contribution in [0.5, 0.6) is 0 Å². The molecular weight excluding hydrogens is 202 g/mol. The summed E-state index contributed by atoms with van der Waals surface area (Å²) in [6, 6.07) is 6.55. The molecule has 0 aromatic heterocycles. The predicted molar refractivity (Wildman–Crippen MR) is 62.2 cm³/mol. The standard InChI is InChI=1S/C13H17NO2/c1-10-3-4-11-5-6-14(8-12(11)7-10)9-13(15)16-2/h3-4,7H,5-6,8-9H2,1-2H3. The molecule has 1 aliphatic rings. The maximum Gasteiger partial charge on any atom is 0.319 e. The van der Waals surface area contributed by atoms with Gasteiger partial charge in [-0.2, -0.15) is 0 Å². The zero-order valence-corrected chi connectivity index (χ0v) is 9.82. The molecule has 2 rings (SSSR count). The Balaban J connectivity index is 2.08.